The number of pyridine rings is 1. The summed E-state index contributed by atoms with van der Waals surface area (Å²) in [4.78, 5) is 23.2. The van der Waals surface area contributed by atoms with Crippen LogP contribution in [0.15, 0.2) is 90.4 Å². The standard InChI is InChI=1S/C23H17N5O2/c29-23-20-9-10-24-22(21(20)25-15-26-23)28-13-18(12-27-28)17-7-4-8-19(11-17)30-14-16-5-2-1-3-6-16/h1-13,15H,14H2,(H,25,26,29). The van der Waals surface area contributed by atoms with Gasteiger partial charge in [0.15, 0.2) is 5.82 Å². The van der Waals surface area contributed by atoms with Crippen molar-refractivity contribution in [3.63, 3.8) is 0 Å². The van der Waals surface area contributed by atoms with Crippen LogP contribution in [-0.4, -0.2) is 24.7 Å². The van der Waals surface area contributed by atoms with Crippen LogP contribution in [0.3, 0.4) is 0 Å². The number of nitrogens with zero attached hydrogens (tertiary/aromatic N) is 4. The van der Waals surface area contributed by atoms with E-state index < -0.39 is 0 Å². The Labute approximate surface area is 171 Å². The first-order chi connectivity index (χ1) is 14.8. The molecule has 0 aliphatic rings. The molecule has 7 nitrogen and oxygen atoms in total. The van der Waals surface area contributed by atoms with E-state index in [1.54, 1.807) is 23.1 Å². The maximum atomic E-state index is 12.0. The monoisotopic (exact) mass is 395 g/mol. The van der Waals surface area contributed by atoms with Gasteiger partial charge in [-0.25, -0.2) is 14.6 Å². The lowest BCUT2D eigenvalue weighted by Gasteiger charge is -2.07. The van der Waals surface area contributed by atoms with Crippen molar-refractivity contribution in [2.45, 2.75) is 6.61 Å². The maximum absolute atomic E-state index is 12.0. The number of fused-ring (bicyclic) bond motifs is 1. The summed E-state index contributed by atoms with van der Waals surface area (Å²) < 4.78 is 7.56. The molecule has 0 atom stereocenters. The number of hydrogen-bond acceptors (Lipinski definition) is 5. The van der Waals surface area contributed by atoms with Gasteiger partial charge in [0.1, 0.15) is 17.9 Å². The first kappa shape index (κ1) is 17.8. The molecule has 146 valence electrons. The van der Waals surface area contributed by atoms with Gasteiger partial charge in [-0.15, -0.1) is 0 Å². The molecule has 0 bridgehead atoms. The fraction of sp³-hybridized carbons (Fsp3) is 0.0435. The van der Waals surface area contributed by atoms with Gasteiger partial charge >= 0.3 is 0 Å². The van der Waals surface area contributed by atoms with Crippen molar-refractivity contribution < 1.29 is 4.74 Å². The Morgan fingerprint density at radius 3 is 2.77 bits per heavy atom. The molecule has 0 spiro atoms. The molecule has 3 aromatic heterocycles. The minimum Gasteiger partial charge on any atom is -0.489 e. The number of aromatic nitrogens is 5. The third kappa shape index (κ3) is 3.44. The molecular formula is C23H17N5O2. The molecule has 3 heterocycles. The second kappa shape index (κ2) is 7.63. The second-order valence-electron chi connectivity index (χ2n) is 6.74. The Balaban J connectivity index is 1.44. The highest BCUT2D eigenvalue weighted by Crippen LogP contribution is 2.25. The van der Waals surface area contributed by atoms with Gasteiger partial charge in [0.25, 0.3) is 5.56 Å². The van der Waals surface area contributed by atoms with Gasteiger partial charge in [-0.1, -0.05) is 42.5 Å². The summed E-state index contributed by atoms with van der Waals surface area (Å²) in [5, 5.41) is 4.90. The van der Waals surface area contributed by atoms with E-state index in [0.717, 1.165) is 22.4 Å². The Morgan fingerprint density at radius 2 is 1.87 bits per heavy atom. The molecule has 1 N–H and O–H groups in total. The van der Waals surface area contributed by atoms with Crippen LogP contribution in [0.25, 0.3) is 27.8 Å². The van der Waals surface area contributed by atoms with Crippen molar-refractivity contribution in [1.29, 1.82) is 0 Å². The lowest BCUT2D eigenvalue weighted by Crippen LogP contribution is -2.09. The summed E-state index contributed by atoms with van der Waals surface area (Å²) in [7, 11) is 0. The number of rotatable bonds is 5. The van der Waals surface area contributed by atoms with E-state index >= 15 is 0 Å². The predicted octanol–water partition coefficient (Wildman–Crippen LogP) is 3.75. The molecule has 5 rings (SSSR count). The zero-order valence-corrected chi connectivity index (χ0v) is 15.9. The quantitative estimate of drug-likeness (QED) is 0.490. The van der Waals surface area contributed by atoms with Gasteiger partial charge in [-0.3, -0.25) is 4.79 Å². The van der Waals surface area contributed by atoms with Crippen LogP contribution in [0.2, 0.25) is 0 Å². The number of benzene rings is 2. The van der Waals surface area contributed by atoms with Gasteiger partial charge in [-0.2, -0.15) is 5.10 Å². The Bertz CT molecular complexity index is 1380. The van der Waals surface area contributed by atoms with E-state index in [0.29, 0.717) is 23.3 Å². The molecule has 0 radical (unpaired) electrons. The molecule has 0 unspecified atom stereocenters. The number of aromatic amines is 1. The van der Waals surface area contributed by atoms with E-state index in [2.05, 4.69) is 20.1 Å². The van der Waals surface area contributed by atoms with Crippen molar-refractivity contribution in [1.82, 2.24) is 24.7 Å². The topological polar surface area (TPSA) is 85.7 Å². The molecule has 30 heavy (non-hydrogen) atoms. The van der Waals surface area contributed by atoms with E-state index in [1.807, 2.05) is 60.8 Å². The third-order valence-corrected chi connectivity index (χ3v) is 4.75. The Morgan fingerprint density at radius 1 is 0.967 bits per heavy atom. The Kier molecular flexibility index (Phi) is 4.53. The molecule has 2 aromatic carbocycles. The molecule has 0 aliphatic carbocycles. The minimum atomic E-state index is -0.209. The van der Waals surface area contributed by atoms with E-state index in [1.165, 1.54) is 6.33 Å². The SMILES string of the molecule is O=c1[nH]cnc2c(-n3cc(-c4cccc(OCc5ccccc5)c4)cn3)nccc12. The molecule has 0 aliphatic heterocycles. The summed E-state index contributed by atoms with van der Waals surface area (Å²) in [5.41, 5.74) is 3.28. The molecule has 0 amide bonds. The average molecular weight is 395 g/mol. The average Bonchev–Trinajstić information content (AvgIpc) is 3.29. The first-order valence-corrected chi connectivity index (χ1v) is 9.42. The summed E-state index contributed by atoms with van der Waals surface area (Å²) >= 11 is 0. The molecule has 0 saturated carbocycles. The second-order valence-corrected chi connectivity index (χ2v) is 6.74. The summed E-state index contributed by atoms with van der Waals surface area (Å²) in [6.07, 6.45) is 6.56. The first-order valence-electron chi connectivity index (χ1n) is 9.42. The van der Waals surface area contributed by atoms with E-state index in [4.69, 9.17) is 4.74 Å². The highest BCUT2D eigenvalue weighted by Gasteiger charge is 2.11. The van der Waals surface area contributed by atoms with Crippen molar-refractivity contribution in [3.8, 4) is 22.7 Å². The van der Waals surface area contributed by atoms with Crippen molar-refractivity contribution in [2.24, 2.45) is 0 Å². The van der Waals surface area contributed by atoms with Gasteiger partial charge in [0.05, 0.1) is 17.9 Å². The van der Waals surface area contributed by atoms with Crippen LogP contribution < -0.4 is 10.3 Å². The number of hydrogen-bond donors (Lipinski definition) is 1. The summed E-state index contributed by atoms with van der Waals surface area (Å²) in [5.74, 6) is 1.28. The van der Waals surface area contributed by atoms with Gasteiger partial charge < -0.3 is 9.72 Å². The zero-order valence-electron chi connectivity index (χ0n) is 15.9. The normalized spacial score (nSPS) is 10.9. The smallest absolute Gasteiger partial charge is 0.258 e. The summed E-state index contributed by atoms with van der Waals surface area (Å²) in [6.45, 7) is 0.504. The maximum Gasteiger partial charge on any atom is 0.258 e. The minimum absolute atomic E-state index is 0.209. The highest BCUT2D eigenvalue weighted by atomic mass is 16.5. The lowest BCUT2D eigenvalue weighted by atomic mass is 10.1. The fourth-order valence-corrected chi connectivity index (χ4v) is 3.25. The number of H-pyrrole nitrogens is 1. The molecule has 7 heteroatoms. The van der Waals surface area contributed by atoms with Gasteiger partial charge in [0, 0.05) is 18.0 Å². The molecule has 0 saturated heterocycles. The third-order valence-electron chi connectivity index (χ3n) is 4.75. The fourth-order valence-electron chi connectivity index (χ4n) is 3.25. The molecular weight excluding hydrogens is 378 g/mol. The lowest BCUT2D eigenvalue weighted by molar-refractivity contribution is 0.306. The van der Waals surface area contributed by atoms with Gasteiger partial charge in [0.2, 0.25) is 0 Å². The van der Waals surface area contributed by atoms with E-state index in [9.17, 15) is 4.79 Å². The number of nitrogens with one attached hydrogen (secondary N) is 1. The predicted molar refractivity (Wildman–Crippen MR) is 113 cm³/mol. The summed E-state index contributed by atoms with van der Waals surface area (Å²) in [6, 6.07) is 19.5. The van der Waals surface area contributed by atoms with Crippen molar-refractivity contribution in [3.05, 3.63) is 101 Å². The van der Waals surface area contributed by atoms with Crippen LogP contribution in [0, 0.1) is 0 Å². The largest absolute Gasteiger partial charge is 0.489 e. The van der Waals surface area contributed by atoms with Crippen LogP contribution in [0.5, 0.6) is 5.75 Å². The van der Waals surface area contributed by atoms with E-state index in [-0.39, 0.29) is 5.56 Å². The van der Waals surface area contributed by atoms with Crippen LogP contribution >= 0.6 is 0 Å². The van der Waals surface area contributed by atoms with Gasteiger partial charge in [-0.05, 0) is 29.3 Å². The van der Waals surface area contributed by atoms with Crippen molar-refractivity contribution in [2.75, 3.05) is 0 Å². The Hall–Kier alpha value is -4.26. The molecule has 5 aromatic rings. The zero-order chi connectivity index (χ0) is 20.3. The van der Waals surface area contributed by atoms with Crippen LogP contribution in [0.1, 0.15) is 5.56 Å². The highest BCUT2D eigenvalue weighted by molar-refractivity contribution is 5.83. The van der Waals surface area contributed by atoms with Crippen LogP contribution in [0.4, 0.5) is 0 Å². The molecule has 0 fully saturated rings. The number of ether oxygens (including phenoxy) is 1. The van der Waals surface area contributed by atoms with Crippen molar-refractivity contribution >= 4 is 10.9 Å². The van der Waals surface area contributed by atoms with Crippen LogP contribution in [-0.2, 0) is 6.61 Å².